The lowest BCUT2D eigenvalue weighted by atomic mass is 9.92. The highest BCUT2D eigenvalue weighted by molar-refractivity contribution is 5.92. The van der Waals surface area contributed by atoms with Crippen molar-refractivity contribution in [3.8, 4) is 0 Å². The first-order chi connectivity index (χ1) is 9.38. The fraction of sp³-hybridized carbons (Fsp3) is 0.733. The van der Waals surface area contributed by atoms with E-state index >= 15 is 0 Å². The molecule has 6 heteroatoms. The number of hydrogen-bond donors (Lipinski definition) is 2. The summed E-state index contributed by atoms with van der Waals surface area (Å²) in [6, 6.07) is 1.90. The van der Waals surface area contributed by atoms with Crippen LogP contribution in [0.2, 0.25) is 0 Å². The molecule has 2 heterocycles. The van der Waals surface area contributed by atoms with E-state index in [0.29, 0.717) is 11.6 Å². The van der Waals surface area contributed by atoms with Gasteiger partial charge < -0.3 is 10.6 Å². The number of hydrogen-bond acceptors (Lipinski definition) is 3. The van der Waals surface area contributed by atoms with Gasteiger partial charge in [0.15, 0.2) is 0 Å². The summed E-state index contributed by atoms with van der Waals surface area (Å²) in [5.74, 6) is 0.674. The number of amides is 1. The Labute approximate surface area is 133 Å². The van der Waals surface area contributed by atoms with Gasteiger partial charge in [0.2, 0.25) is 0 Å². The first-order valence-corrected chi connectivity index (χ1v) is 7.41. The summed E-state index contributed by atoms with van der Waals surface area (Å²) in [7, 11) is 1.82. The fourth-order valence-corrected chi connectivity index (χ4v) is 2.49. The first kappa shape index (κ1) is 18.0. The molecule has 1 aromatic heterocycles. The second-order valence-corrected chi connectivity index (χ2v) is 6.69. The van der Waals surface area contributed by atoms with Crippen molar-refractivity contribution in [1.82, 2.24) is 20.4 Å². The maximum Gasteiger partial charge on any atom is 0.269 e. The fourth-order valence-electron chi connectivity index (χ4n) is 2.49. The minimum Gasteiger partial charge on any atom is -0.351 e. The lowest BCUT2D eigenvalue weighted by molar-refractivity contribution is 0.0942. The monoisotopic (exact) mass is 314 g/mol. The Hall–Kier alpha value is -1.07. The van der Waals surface area contributed by atoms with Crippen LogP contribution in [0.4, 0.5) is 0 Å². The largest absolute Gasteiger partial charge is 0.351 e. The lowest BCUT2D eigenvalue weighted by Gasteiger charge is -2.13. The Morgan fingerprint density at radius 1 is 1.52 bits per heavy atom. The number of carbonyl (C=O) groups excluding carboxylic acids is 1. The second-order valence-electron chi connectivity index (χ2n) is 6.69. The summed E-state index contributed by atoms with van der Waals surface area (Å²) < 4.78 is 1.67. The van der Waals surface area contributed by atoms with Crippen molar-refractivity contribution in [2.75, 3.05) is 19.6 Å². The molecule has 21 heavy (non-hydrogen) atoms. The molecule has 2 rings (SSSR count). The van der Waals surface area contributed by atoms with Crippen molar-refractivity contribution < 1.29 is 4.79 Å². The standard InChI is InChI=1S/C15H26N4O.ClH/c1-15(2,3)13-9-12(19(4)18-13)14(20)17-8-6-11-5-7-16-10-11;/h9,11,16H,5-8,10H2,1-4H3,(H,17,20);1H. The van der Waals surface area contributed by atoms with Crippen molar-refractivity contribution in [2.45, 2.75) is 39.0 Å². The summed E-state index contributed by atoms with van der Waals surface area (Å²) in [6.45, 7) is 9.23. The molecular formula is C15H27ClN4O. The van der Waals surface area contributed by atoms with Gasteiger partial charge in [0.1, 0.15) is 5.69 Å². The van der Waals surface area contributed by atoms with Crippen LogP contribution in [-0.4, -0.2) is 35.3 Å². The van der Waals surface area contributed by atoms with E-state index in [9.17, 15) is 4.79 Å². The maximum atomic E-state index is 12.2. The van der Waals surface area contributed by atoms with E-state index in [1.165, 1.54) is 6.42 Å². The number of aryl methyl sites for hydroxylation is 1. The molecule has 5 nitrogen and oxygen atoms in total. The Morgan fingerprint density at radius 3 is 2.76 bits per heavy atom. The molecule has 1 unspecified atom stereocenters. The zero-order valence-corrected chi connectivity index (χ0v) is 14.2. The number of nitrogens with zero attached hydrogens (tertiary/aromatic N) is 2. The molecule has 1 atom stereocenters. The highest BCUT2D eigenvalue weighted by atomic mass is 35.5. The Kier molecular flexibility index (Phi) is 6.23. The van der Waals surface area contributed by atoms with Crippen LogP contribution in [0, 0.1) is 5.92 Å². The van der Waals surface area contributed by atoms with Crippen molar-refractivity contribution in [1.29, 1.82) is 0 Å². The summed E-state index contributed by atoms with van der Waals surface area (Å²) >= 11 is 0. The molecule has 0 spiro atoms. The predicted molar refractivity (Wildman–Crippen MR) is 87.1 cm³/mol. The molecule has 1 aromatic rings. The van der Waals surface area contributed by atoms with Crippen LogP contribution >= 0.6 is 12.4 Å². The SMILES string of the molecule is Cl.Cn1nc(C(C)(C)C)cc1C(=O)NCCC1CCNC1. The second kappa shape index (κ2) is 7.27. The number of nitrogens with one attached hydrogen (secondary N) is 2. The van der Waals surface area contributed by atoms with Crippen LogP contribution in [-0.2, 0) is 12.5 Å². The van der Waals surface area contributed by atoms with Crippen molar-refractivity contribution in [3.63, 3.8) is 0 Å². The third-order valence-corrected chi connectivity index (χ3v) is 3.88. The van der Waals surface area contributed by atoms with Gasteiger partial charge >= 0.3 is 0 Å². The number of halogens is 1. The molecule has 1 fully saturated rings. The van der Waals surface area contributed by atoms with Gasteiger partial charge in [-0.15, -0.1) is 12.4 Å². The highest BCUT2D eigenvalue weighted by Gasteiger charge is 2.21. The third kappa shape index (κ3) is 4.71. The van der Waals surface area contributed by atoms with E-state index in [2.05, 4.69) is 36.5 Å². The lowest BCUT2D eigenvalue weighted by Crippen LogP contribution is -2.28. The Bertz CT molecular complexity index is 473. The molecule has 0 aliphatic carbocycles. The van der Waals surface area contributed by atoms with E-state index in [0.717, 1.165) is 31.7 Å². The zero-order valence-electron chi connectivity index (χ0n) is 13.4. The average Bonchev–Trinajstić information content (AvgIpc) is 2.97. The Morgan fingerprint density at radius 2 is 2.24 bits per heavy atom. The van der Waals surface area contributed by atoms with Crippen molar-refractivity contribution >= 4 is 18.3 Å². The average molecular weight is 315 g/mol. The minimum atomic E-state index is -0.0359. The van der Waals surface area contributed by atoms with Gasteiger partial charge in [-0.1, -0.05) is 20.8 Å². The van der Waals surface area contributed by atoms with Gasteiger partial charge in [-0.05, 0) is 37.9 Å². The molecule has 1 saturated heterocycles. The van der Waals surface area contributed by atoms with E-state index in [1.54, 1.807) is 4.68 Å². The Balaban J connectivity index is 0.00000220. The molecule has 0 aromatic carbocycles. The van der Waals surface area contributed by atoms with Gasteiger partial charge in [0.05, 0.1) is 5.69 Å². The quantitative estimate of drug-likeness (QED) is 0.892. The third-order valence-electron chi connectivity index (χ3n) is 3.88. The van der Waals surface area contributed by atoms with Crippen LogP contribution < -0.4 is 10.6 Å². The maximum absolute atomic E-state index is 12.2. The molecule has 120 valence electrons. The van der Waals surface area contributed by atoms with E-state index < -0.39 is 0 Å². The van der Waals surface area contributed by atoms with E-state index in [1.807, 2.05) is 13.1 Å². The van der Waals surface area contributed by atoms with Crippen LogP contribution in [0.15, 0.2) is 6.07 Å². The van der Waals surface area contributed by atoms with Gasteiger partial charge in [0.25, 0.3) is 5.91 Å². The first-order valence-electron chi connectivity index (χ1n) is 7.41. The zero-order chi connectivity index (χ0) is 14.8. The van der Waals surface area contributed by atoms with E-state index in [-0.39, 0.29) is 23.7 Å². The number of carbonyl (C=O) groups is 1. The number of aromatic nitrogens is 2. The normalized spacial score (nSPS) is 18.4. The molecule has 0 radical (unpaired) electrons. The highest BCUT2D eigenvalue weighted by Crippen LogP contribution is 2.21. The van der Waals surface area contributed by atoms with Crippen LogP contribution in [0.5, 0.6) is 0 Å². The molecule has 1 aliphatic heterocycles. The minimum absolute atomic E-state index is 0. The van der Waals surface area contributed by atoms with Crippen LogP contribution in [0.25, 0.3) is 0 Å². The van der Waals surface area contributed by atoms with Crippen LogP contribution in [0.1, 0.15) is 49.8 Å². The summed E-state index contributed by atoms with van der Waals surface area (Å²) in [6.07, 6.45) is 2.26. The smallest absolute Gasteiger partial charge is 0.269 e. The topological polar surface area (TPSA) is 59.0 Å². The van der Waals surface area contributed by atoms with E-state index in [4.69, 9.17) is 0 Å². The number of rotatable bonds is 4. The van der Waals surface area contributed by atoms with Gasteiger partial charge in [-0.3, -0.25) is 9.48 Å². The molecule has 2 N–H and O–H groups in total. The summed E-state index contributed by atoms with van der Waals surface area (Å²) in [5, 5.41) is 10.8. The molecule has 0 saturated carbocycles. The molecular weight excluding hydrogens is 288 g/mol. The van der Waals surface area contributed by atoms with Gasteiger partial charge in [0, 0.05) is 19.0 Å². The van der Waals surface area contributed by atoms with Gasteiger partial charge in [-0.25, -0.2) is 0 Å². The van der Waals surface area contributed by atoms with Gasteiger partial charge in [-0.2, -0.15) is 5.10 Å². The summed E-state index contributed by atoms with van der Waals surface area (Å²) in [4.78, 5) is 12.2. The molecule has 0 bridgehead atoms. The molecule has 1 amide bonds. The molecule has 1 aliphatic rings. The van der Waals surface area contributed by atoms with Crippen LogP contribution in [0.3, 0.4) is 0 Å². The predicted octanol–water partition coefficient (Wildman–Crippen LogP) is 1.87. The summed E-state index contributed by atoms with van der Waals surface area (Å²) in [5.41, 5.74) is 1.55. The van der Waals surface area contributed by atoms with Crippen molar-refractivity contribution in [2.24, 2.45) is 13.0 Å². The van der Waals surface area contributed by atoms with Crippen molar-refractivity contribution in [3.05, 3.63) is 17.5 Å².